The largest absolute Gasteiger partial charge is 0.484 e. The summed E-state index contributed by atoms with van der Waals surface area (Å²) in [6.07, 6.45) is 1.79. The average Bonchev–Trinajstić information content (AvgIpc) is 2.59. The van der Waals surface area contributed by atoms with E-state index in [1.807, 2.05) is 0 Å². The summed E-state index contributed by atoms with van der Waals surface area (Å²) in [6.45, 7) is 3.34. The average molecular weight is 337 g/mol. The van der Waals surface area contributed by atoms with Gasteiger partial charge in [-0.25, -0.2) is 0 Å². The Balaban J connectivity index is 1.70. The summed E-state index contributed by atoms with van der Waals surface area (Å²) in [5.41, 5.74) is -0.0589. The van der Waals surface area contributed by atoms with Gasteiger partial charge in [-0.05, 0) is 18.9 Å². The van der Waals surface area contributed by atoms with Crippen LogP contribution in [0.2, 0.25) is 0 Å². The standard InChI is InChI=1S/C16H23N3O5/c1-23-10-9-18-7-5-13(6-8-18)17-16(20)12-24-15-4-2-3-14(11-15)19(21)22/h2-4,11,13H,5-10,12H2,1H3,(H,17,20). The van der Waals surface area contributed by atoms with Gasteiger partial charge in [-0.1, -0.05) is 6.07 Å². The molecule has 1 saturated heterocycles. The van der Waals surface area contributed by atoms with Crippen molar-refractivity contribution >= 4 is 11.6 Å². The SMILES string of the molecule is COCCN1CCC(NC(=O)COc2cccc([N+](=O)[O-])c2)CC1. The minimum Gasteiger partial charge on any atom is -0.484 e. The maximum atomic E-state index is 12.0. The maximum absolute atomic E-state index is 12.0. The summed E-state index contributed by atoms with van der Waals surface area (Å²) < 4.78 is 10.4. The van der Waals surface area contributed by atoms with E-state index in [0.29, 0.717) is 12.4 Å². The Labute approximate surface area is 140 Å². The summed E-state index contributed by atoms with van der Waals surface area (Å²) in [6, 6.07) is 5.95. The van der Waals surface area contributed by atoms with Crippen LogP contribution in [-0.4, -0.2) is 61.7 Å². The summed E-state index contributed by atoms with van der Waals surface area (Å²) in [7, 11) is 1.69. The van der Waals surface area contributed by atoms with E-state index in [4.69, 9.17) is 9.47 Å². The zero-order valence-corrected chi connectivity index (χ0v) is 13.8. The van der Waals surface area contributed by atoms with Gasteiger partial charge in [-0.15, -0.1) is 0 Å². The minimum atomic E-state index is -0.496. The van der Waals surface area contributed by atoms with Crippen LogP contribution in [0.5, 0.6) is 5.75 Å². The van der Waals surface area contributed by atoms with E-state index < -0.39 is 4.92 Å². The molecule has 24 heavy (non-hydrogen) atoms. The van der Waals surface area contributed by atoms with Crippen molar-refractivity contribution in [1.29, 1.82) is 0 Å². The number of benzene rings is 1. The highest BCUT2D eigenvalue weighted by atomic mass is 16.6. The molecular weight excluding hydrogens is 314 g/mol. The van der Waals surface area contributed by atoms with Gasteiger partial charge in [0.15, 0.2) is 6.61 Å². The lowest BCUT2D eigenvalue weighted by molar-refractivity contribution is -0.384. The second-order valence-electron chi connectivity index (χ2n) is 5.72. The van der Waals surface area contributed by atoms with Gasteiger partial charge in [0.1, 0.15) is 5.75 Å². The van der Waals surface area contributed by atoms with Gasteiger partial charge in [0.2, 0.25) is 0 Å². The molecule has 1 aromatic rings. The predicted molar refractivity (Wildman–Crippen MR) is 88.1 cm³/mol. The Morgan fingerprint density at radius 1 is 1.42 bits per heavy atom. The van der Waals surface area contributed by atoms with Crippen molar-refractivity contribution in [3.8, 4) is 5.75 Å². The van der Waals surface area contributed by atoms with Crippen molar-refractivity contribution in [3.05, 3.63) is 34.4 Å². The number of nitrogens with zero attached hydrogens (tertiary/aromatic N) is 2. The van der Waals surface area contributed by atoms with Gasteiger partial charge in [0, 0.05) is 38.9 Å². The second-order valence-corrected chi connectivity index (χ2v) is 5.72. The number of nitrogens with one attached hydrogen (secondary N) is 1. The summed E-state index contributed by atoms with van der Waals surface area (Å²) in [5.74, 6) is 0.102. The Hall–Kier alpha value is -2.19. The smallest absolute Gasteiger partial charge is 0.273 e. The van der Waals surface area contributed by atoms with Crippen LogP contribution in [0.1, 0.15) is 12.8 Å². The zero-order chi connectivity index (χ0) is 17.4. The molecule has 132 valence electrons. The number of hydrogen-bond donors (Lipinski definition) is 1. The highest BCUT2D eigenvalue weighted by molar-refractivity contribution is 5.77. The van der Waals surface area contributed by atoms with Gasteiger partial charge in [0.25, 0.3) is 11.6 Å². The first-order chi connectivity index (χ1) is 11.6. The predicted octanol–water partition coefficient (Wildman–Crippen LogP) is 1.20. The number of carbonyl (C=O) groups excluding carboxylic acids is 1. The molecule has 8 heteroatoms. The highest BCUT2D eigenvalue weighted by Crippen LogP contribution is 2.19. The van der Waals surface area contributed by atoms with Crippen molar-refractivity contribution in [2.24, 2.45) is 0 Å². The highest BCUT2D eigenvalue weighted by Gasteiger charge is 2.20. The number of likely N-dealkylation sites (tertiary alicyclic amines) is 1. The summed E-state index contributed by atoms with van der Waals surface area (Å²) >= 11 is 0. The van der Waals surface area contributed by atoms with Gasteiger partial charge in [-0.2, -0.15) is 0 Å². The lowest BCUT2D eigenvalue weighted by Gasteiger charge is -2.32. The molecule has 1 aliphatic rings. The molecule has 0 unspecified atom stereocenters. The number of ether oxygens (including phenoxy) is 2. The lowest BCUT2D eigenvalue weighted by Crippen LogP contribution is -2.46. The molecule has 1 aromatic carbocycles. The minimum absolute atomic E-state index is 0.0589. The molecule has 0 spiro atoms. The van der Waals surface area contributed by atoms with Crippen molar-refractivity contribution in [2.75, 3.05) is 40.0 Å². The van der Waals surface area contributed by atoms with E-state index in [1.165, 1.54) is 18.2 Å². The fraction of sp³-hybridized carbons (Fsp3) is 0.562. The molecule has 2 rings (SSSR count). The van der Waals surface area contributed by atoms with Crippen LogP contribution >= 0.6 is 0 Å². The van der Waals surface area contributed by atoms with Crippen LogP contribution in [0.4, 0.5) is 5.69 Å². The molecule has 1 heterocycles. The fourth-order valence-corrected chi connectivity index (χ4v) is 2.63. The number of methoxy groups -OCH3 is 1. The Morgan fingerprint density at radius 3 is 2.83 bits per heavy atom. The number of rotatable bonds is 8. The molecule has 0 aliphatic carbocycles. The molecule has 1 aliphatic heterocycles. The first-order valence-electron chi connectivity index (χ1n) is 7.96. The van der Waals surface area contributed by atoms with Gasteiger partial charge in [0.05, 0.1) is 17.6 Å². The van der Waals surface area contributed by atoms with E-state index in [2.05, 4.69) is 10.2 Å². The molecule has 0 saturated carbocycles. The Morgan fingerprint density at radius 2 is 2.17 bits per heavy atom. The number of amides is 1. The van der Waals surface area contributed by atoms with Crippen molar-refractivity contribution in [2.45, 2.75) is 18.9 Å². The van der Waals surface area contributed by atoms with E-state index in [9.17, 15) is 14.9 Å². The summed E-state index contributed by atoms with van der Waals surface area (Å²) in [4.78, 5) is 24.5. The third kappa shape index (κ3) is 5.78. The monoisotopic (exact) mass is 337 g/mol. The third-order valence-corrected chi connectivity index (χ3v) is 3.96. The molecule has 1 amide bonds. The molecule has 1 N–H and O–H groups in total. The maximum Gasteiger partial charge on any atom is 0.273 e. The van der Waals surface area contributed by atoms with Crippen molar-refractivity contribution in [1.82, 2.24) is 10.2 Å². The molecular formula is C16H23N3O5. The number of nitro benzene ring substituents is 1. The lowest BCUT2D eigenvalue weighted by atomic mass is 10.1. The molecule has 0 radical (unpaired) electrons. The fourth-order valence-electron chi connectivity index (χ4n) is 2.63. The van der Waals surface area contributed by atoms with Crippen LogP contribution in [0.25, 0.3) is 0 Å². The first-order valence-corrected chi connectivity index (χ1v) is 7.96. The molecule has 0 aromatic heterocycles. The number of non-ortho nitro benzene ring substituents is 1. The first kappa shape index (κ1) is 18.2. The van der Waals surface area contributed by atoms with Crippen molar-refractivity contribution < 1.29 is 19.2 Å². The number of piperidine rings is 1. The summed E-state index contributed by atoms with van der Waals surface area (Å²) in [5, 5.41) is 13.7. The number of carbonyl (C=O) groups is 1. The van der Waals surface area contributed by atoms with E-state index in [-0.39, 0.29) is 24.2 Å². The van der Waals surface area contributed by atoms with E-state index in [1.54, 1.807) is 13.2 Å². The molecule has 0 atom stereocenters. The van der Waals surface area contributed by atoms with Gasteiger partial charge in [-0.3, -0.25) is 14.9 Å². The van der Waals surface area contributed by atoms with Crippen LogP contribution in [-0.2, 0) is 9.53 Å². The molecule has 0 bridgehead atoms. The normalized spacial score (nSPS) is 15.9. The quantitative estimate of drug-likeness (QED) is 0.566. The number of hydrogen-bond acceptors (Lipinski definition) is 6. The topological polar surface area (TPSA) is 93.9 Å². The van der Waals surface area contributed by atoms with Crippen molar-refractivity contribution in [3.63, 3.8) is 0 Å². The van der Waals surface area contributed by atoms with E-state index >= 15 is 0 Å². The van der Waals surface area contributed by atoms with Crippen LogP contribution < -0.4 is 10.1 Å². The number of nitro groups is 1. The zero-order valence-electron chi connectivity index (χ0n) is 13.8. The third-order valence-electron chi connectivity index (χ3n) is 3.96. The molecule has 1 fully saturated rings. The second kappa shape index (κ2) is 9.19. The van der Waals surface area contributed by atoms with Gasteiger partial charge >= 0.3 is 0 Å². The van der Waals surface area contributed by atoms with Gasteiger partial charge < -0.3 is 19.7 Å². The van der Waals surface area contributed by atoms with Crippen LogP contribution in [0.15, 0.2) is 24.3 Å². The van der Waals surface area contributed by atoms with Crippen LogP contribution in [0.3, 0.4) is 0 Å². The Kier molecular flexibility index (Phi) is 6.95. The van der Waals surface area contributed by atoms with E-state index in [0.717, 1.165) is 32.5 Å². The van der Waals surface area contributed by atoms with Crippen LogP contribution in [0, 0.1) is 10.1 Å². The molecule has 8 nitrogen and oxygen atoms in total. The Bertz CT molecular complexity index is 558.